The number of anilines is 2. The van der Waals surface area contributed by atoms with Gasteiger partial charge in [-0.25, -0.2) is 9.97 Å². The molecule has 0 atom stereocenters. The topological polar surface area (TPSA) is 118 Å². The maximum atomic E-state index is 11.0. The molecule has 1 heterocycles. The van der Waals surface area contributed by atoms with E-state index in [4.69, 9.17) is 10.8 Å². The number of nitrogens with zero attached hydrogens (tertiary/aromatic N) is 4. The first-order chi connectivity index (χ1) is 8.15. The van der Waals surface area contributed by atoms with Gasteiger partial charge in [0.05, 0.1) is 11.5 Å². The van der Waals surface area contributed by atoms with Gasteiger partial charge in [0.2, 0.25) is 11.6 Å². The number of rotatable bonds is 5. The van der Waals surface area contributed by atoms with Gasteiger partial charge < -0.3 is 15.7 Å². The van der Waals surface area contributed by atoms with Crippen LogP contribution in [0.4, 0.5) is 17.3 Å². The van der Waals surface area contributed by atoms with E-state index in [1.54, 1.807) is 4.90 Å². The molecule has 92 valence electrons. The summed E-state index contributed by atoms with van der Waals surface area (Å²) in [6.07, 6.45) is 3.09. The molecule has 0 bridgehead atoms. The van der Waals surface area contributed by atoms with Crippen LogP contribution in [0.25, 0.3) is 0 Å². The quantitative estimate of drug-likeness (QED) is 0.545. The molecule has 1 aromatic heterocycles. The highest BCUT2D eigenvalue weighted by atomic mass is 16.6. The van der Waals surface area contributed by atoms with E-state index in [1.807, 2.05) is 0 Å². The monoisotopic (exact) mass is 239 g/mol. The molecule has 3 N–H and O–H groups in total. The van der Waals surface area contributed by atoms with Crippen LogP contribution in [0.5, 0.6) is 0 Å². The Bertz CT molecular complexity index is 435. The largest absolute Gasteiger partial charge is 0.395 e. The summed E-state index contributed by atoms with van der Waals surface area (Å²) >= 11 is 0. The molecule has 1 aromatic rings. The minimum absolute atomic E-state index is 0.0858. The van der Waals surface area contributed by atoms with E-state index in [0.29, 0.717) is 6.54 Å². The predicted octanol–water partition coefficient (Wildman–Crippen LogP) is -0.0719. The van der Waals surface area contributed by atoms with E-state index in [2.05, 4.69) is 9.97 Å². The van der Waals surface area contributed by atoms with Gasteiger partial charge in [-0.2, -0.15) is 0 Å². The number of hydrogen-bond donors (Lipinski definition) is 2. The molecule has 1 aliphatic carbocycles. The molecule has 0 radical (unpaired) electrons. The lowest BCUT2D eigenvalue weighted by Gasteiger charge is -2.21. The van der Waals surface area contributed by atoms with Crippen LogP contribution in [0.15, 0.2) is 6.33 Å². The van der Waals surface area contributed by atoms with Crippen molar-refractivity contribution < 1.29 is 10.0 Å². The van der Waals surface area contributed by atoms with Gasteiger partial charge in [-0.3, -0.25) is 10.1 Å². The van der Waals surface area contributed by atoms with Crippen LogP contribution in [-0.2, 0) is 0 Å². The Morgan fingerprint density at radius 1 is 1.59 bits per heavy atom. The van der Waals surface area contributed by atoms with Gasteiger partial charge in [0.25, 0.3) is 0 Å². The van der Waals surface area contributed by atoms with Crippen LogP contribution in [0.1, 0.15) is 12.8 Å². The molecule has 0 saturated heterocycles. The van der Waals surface area contributed by atoms with Crippen molar-refractivity contribution >= 4 is 17.3 Å². The standard InChI is InChI=1S/C9H13N5O3/c10-8-7(14(16)17)9(12-5-11-8)13(3-4-15)6-1-2-6/h5-6,15H,1-4H2,(H2,10,11,12). The lowest BCUT2D eigenvalue weighted by molar-refractivity contribution is -0.383. The zero-order chi connectivity index (χ0) is 12.4. The fourth-order valence-electron chi connectivity index (χ4n) is 1.72. The van der Waals surface area contributed by atoms with Crippen LogP contribution in [-0.4, -0.2) is 39.2 Å². The van der Waals surface area contributed by atoms with E-state index in [1.165, 1.54) is 6.33 Å². The molecule has 1 saturated carbocycles. The summed E-state index contributed by atoms with van der Waals surface area (Å²) in [5, 5.41) is 19.9. The van der Waals surface area contributed by atoms with Crippen LogP contribution in [0, 0.1) is 10.1 Å². The highest BCUT2D eigenvalue weighted by Gasteiger charge is 2.35. The van der Waals surface area contributed by atoms with Crippen molar-refractivity contribution in [2.45, 2.75) is 18.9 Å². The average molecular weight is 239 g/mol. The summed E-state index contributed by atoms with van der Waals surface area (Å²) in [4.78, 5) is 19.6. The van der Waals surface area contributed by atoms with Crippen molar-refractivity contribution in [1.82, 2.24) is 9.97 Å². The number of nitrogen functional groups attached to an aromatic ring is 1. The summed E-state index contributed by atoms with van der Waals surface area (Å²) in [6.45, 7) is 0.222. The number of aliphatic hydroxyl groups is 1. The molecule has 0 unspecified atom stereocenters. The van der Waals surface area contributed by atoms with E-state index in [-0.39, 0.29) is 30.0 Å². The molecular formula is C9H13N5O3. The van der Waals surface area contributed by atoms with E-state index in [9.17, 15) is 10.1 Å². The second-order valence-corrected chi connectivity index (χ2v) is 3.84. The Morgan fingerprint density at radius 2 is 2.29 bits per heavy atom. The molecular weight excluding hydrogens is 226 g/mol. The Kier molecular flexibility index (Phi) is 3.05. The average Bonchev–Trinajstić information content (AvgIpc) is 3.08. The predicted molar refractivity (Wildman–Crippen MR) is 60.6 cm³/mol. The highest BCUT2D eigenvalue weighted by Crippen LogP contribution is 2.36. The maximum absolute atomic E-state index is 11.0. The Labute approximate surface area is 97.2 Å². The number of aliphatic hydroxyl groups excluding tert-OH is 1. The molecule has 17 heavy (non-hydrogen) atoms. The van der Waals surface area contributed by atoms with Crippen molar-refractivity contribution in [3.05, 3.63) is 16.4 Å². The van der Waals surface area contributed by atoms with Gasteiger partial charge in [0.15, 0.2) is 0 Å². The maximum Gasteiger partial charge on any atom is 0.353 e. The molecule has 1 aliphatic rings. The molecule has 8 nitrogen and oxygen atoms in total. The summed E-state index contributed by atoms with van der Waals surface area (Å²) < 4.78 is 0. The molecule has 0 amide bonds. The second kappa shape index (κ2) is 4.50. The summed E-state index contributed by atoms with van der Waals surface area (Å²) in [5.74, 6) is 0.0441. The van der Waals surface area contributed by atoms with Crippen molar-refractivity contribution in [3.8, 4) is 0 Å². The number of nitro groups is 1. The van der Waals surface area contributed by atoms with Crippen molar-refractivity contribution in [2.24, 2.45) is 0 Å². The van der Waals surface area contributed by atoms with Crippen molar-refractivity contribution in [1.29, 1.82) is 0 Å². The van der Waals surface area contributed by atoms with Gasteiger partial charge in [0, 0.05) is 12.6 Å². The molecule has 1 fully saturated rings. The SMILES string of the molecule is Nc1ncnc(N(CCO)C2CC2)c1[N+](=O)[O-]. The van der Waals surface area contributed by atoms with Crippen LogP contribution < -0.4 is 10.6 Å². The first-order valence-corrected chi connectivity index (χ1v) is 5.27. The van der Waals surface area contributed by atoms with Crippen molar-refractivity contribution in [3.63, 3.8) is 0 Å². The Balaban J connectivity index is 2.41. The fraction of sp³-hybridized carbons (Fsp3) is 0.556. The third kappa shape index (κ3) is 2.26. The Hall–Kier alpha value is -1.96. The molecule has 0 aliphatic heterocycles. The summed E-state index contributed by atoms with van der Waals surface area (Å²) in [6, 6.07) is 0.204. The molecule has 0 spiro atoms. The highest BCUT2D eigenvalue weighted by molar-refractivity contribution is 5.69. The molecule has 2 rings (SSSR count). The van der Waals surface area contributed by atoms with Gasteiger partial charge in [0.1, 0.15) is 6.33 Å². The molecule has 0 aromatic carbocycles. The van der Waals surface area contributed by atoms with E-state index >= 15 is 0 Å². The minimum atomic E-state index is -0.586. The lowest BCUT2D eigenvalue weighted by atomic mass is 10.3. The first kappa shape index (κ1) is 11.5. The van der Waals surface area contributed by atoms with Crippen molar-refractivity contribution in [2.75, 3.05) is 23.8 Å². The van der Waals surface area contributed by atoms with E-state index < -0.39 is 4.92 Å². The van der Waals surface area contributed by atoms with Gasteiger partial charge in [-0.15, -0.1) is 0 Å². The van der Waals surface area contributed by atoms with Gasteiger partial charge >= 0.3 is 5.69 Å². The van der Waals surface area contributed by atoms with Crippen LogP contribution in [0.3, 0.4) is 0 Å². The fourth-order valence-corrected chi connectivity index (χ4v) is 1.72. The Morgan fingerprint density at radius 3 is 2.82 bits per heavy atom. The summed E-state index contributed by atoms with van der Waals surface area (Å²) in [5.41, 5.74) is 5.21. The minimum Gasteiger partial charge on any atom is -0.395 e. The number of nitrogens with two attached hydrogens (primary N) is 1. The first-order valence-electron chi connectivity index (χ1n) is 5.27. The smallest absolute Gasteiger partial charge is 0.353 e. The lowest BCUT2D eigenvalue weighted by Crippen LogP contribution is -2.30. The number of hydrogen-bond acceptors (Lipinski definition) is 7. The summed E-state index contributed by atoms with van der Waals surface area (Å²) in [7, 11) is 0. The van der Waals surface area contributed by atoms with E-state index in [0.717, 1.165) is 12.8 Å². The van der Waals surface area contributed by atoms with Crippen LogP contribution in [0.2, 0.25) is 0 Å². The van der Waals surface area contributed by atoms with Crippen LogP contribution >= 0.6 is 0 Å². The van der Waals surface area contributed by atoms with Gasteiger partial charge in [-0.05, 0) is 12.8 Å². The normalized spacial score (nSPS) is 14.6. The zero-order valence-corrected chi connectivity index (χ0v) is 9.11. The third-order valence-electron chi connectivity index (χ3n) is 2.61. The molecule has 8 heteroatoms. The number of aromatic nitrogens is 2. The van der Waals surface area contributed by atoms with Gasteiger partial charge in [-0.1, -0.05) is 0 Å². The second-order valence-electron chi connectivity index (χ2n) is 3.84. The zero-order valence-electron chi connectivity index (χ0n) is 9.11. The third-order valence-corrected chi connectivity index (χ3v) is 2.61.